The molecule has 3 amide bonds. The number of amides is 3. The van der Waals surface area contributed by atoms with Crippen LogP contribution < -0.4 is 25.8 Å². The number of benzene rings is 2. The lowest BCUT2D eigenvalue weighted by Gasteiger charge is -2.27. The van der Waals surface area contributed by atoms with Gasteiger partial charge < -0.3 is 45.4 Å². The van der Waals surface area contributed by atoms with Crippen LogP contribution in [0.2, 0.25) is 0 Å². The molecule has 3 rings (SSSR count). The Labute approximate surface area is 267 Å². The number of hydrogen-bond acceptors (Lipinski definition) is 7. The number of primary amides is 1. The van der Waals surface area contributed by atoms with E-state index >= 15 is 0 Å². The Bertz CT molecular complexity index is 1510. The van der Waals surface area contributed by atoms with Crippen molar-refractivity contribution in [3.05, 3.63) is 58.7 Å². The van der Waals surface area contributed by atoms with Crippen LogP contribution in [0.1, 0.15) is 86.0 Å². The highest BCUT2D eigenvalue weighted by atomic mass is 31.2. The van der Waals surface area contributed by atoms with Gasteiger partial charge in [0.2, 0.25) is 11.8 Å². The summed E-state index contributed by atoms with van der Waals surface area (Å²) in [5, 5.41) is 3.39. The summed E-state index contributed by atoms with van der Waals surface area (Å²) in [5.41, 5.74) is 5.63. The molecular weight excluding hydrogens is 640 g/mol. The second-order valence-electron chi connectivity index (χ2n) is 12.8. The predicted octanol–water partition coefficient (Wildman–Crippen LogP) is 3.28. The van der Waals surface area contributed by atoms with Crippen LogP contribution in [0.25, 0.3) is 0 Å². The van der Waals surface area contributed by atoms with Crippen molar-refractivity contribution in [2.45, 2.75) is 71.4 Å². The molecule has 0 saturated carbocycles. The van der Waals surface area contributed by atoms with Crippen molar-refractivity contribution in [3.8, 4) is 11.5 Å². The van der Waals surface area contributed by atoms with Crippen LogP contribution in [-0.4, -0.2) is 56.6 Å². The van der Waals surface area contributed by atoms with Crippen LogP contribution in [0.4, 0.5) is 0 Å². The molecule has 254 valence electrons. The van der Waals surface area contributed by atoms with E-state index in [4.69, 9.17) is 15.2 Å². The zero-order chi connectivity index (χ0) is 34.6. The van der Waals surface area contributed by atoms with Gasteiger partial charge in [0, 0.05) is 23.5 Å². The van der Waals surface area contributed by atoms with Crippen molar-refractivity contribution in [3.63, 3.8) is 0 Å². The van der Waals surface area contributed by atoms with Gasteiger partial charge >= 0.3 is 15.2 Å². The Morgan fingerprint density at radius 2 is 1.65 bits per heavy atom. The molecule has 1 aliphatic heterocycles. The lowest BCUT2D eigenvalue weighted by atomic mass is 9.94. The lowest BCUT2D eigenvalue weighted by molar-refractivity contribution is -0.133. The van der Waals surface area contributed by atoms with Gasteiger partial charge in [0.25, 0.3) is 5.91 Å². The van der Waals surface area contributed by atoms with Crippen LogP contribution in [0.15, 0.2) is 36.4 Å². The highest BCUT2D eigenvalue weighted by Gasteiger charge is 2.44. The van der Waals surface area contributed by atoms with Crippen molar-refractivity contribution >= 4 is 32.9 Å². The normalized spacial score (nSPS) is 16.2. The fourth-order valence-corrected chi connectivity index (χ4v) is 7.51. The minimum atomic E-state index is -5.22. The first-order chi connectivity index (χ1) is 21.2. The smallest absolute Gasteiger partial charge is 0.345 e. The average Bonchev–Trinajstić information content (AvgIpc) is 3.11. The second kappa shape index (κ2) is 14.7. The Morgan fingerprint density at radius 1 is 1.04 bits per heavy atom. The average molecular weight is 684 g/mol. The molecule has 14 nitrogen and oxygen atoms in total. The van der Waals surface area contributed by atoms with Crippen LogP contribution in [0.5, 0.6) is 11.5 Å². The van der Waals surface area contributed by atoms with E-state index < -0.39 is 55.8 Å². The summed E-state index contributed by atoms with van der Waals surface area (Å²) in [5.74, 6) is -0.812. The molecule has 0 saturated heterocycles. The lowest BCUT2D eigenvalue weighted by Crippen LogP contribution is -2.51. The predicted molar refractivity (Wildman–Crippen MR) is 169 cm³/mol. The van der Waals surface area contributed by atoms with E-state index in [1.807, 2.05) is 13.8 Å². The van der Waals surface area contributed by atoms with E-state index in [1.165, 1.54) is 24.3 Å². The number of nitrogens with one attached hydrogen (secondary N) is 2. The number of nitrogens with two attached hydrogens (primary N) is 1. The minimum absolute atomic E-state index is 0.0605. The maximum absolute atomic E-state index is 13.8. The topological polar surface area (TPSA) is 235 Å². The molecule has 2 aromatic rings. The minimum Gasteiger partial charge on any atom is -0.493 e. The fraction of sp³-hybridized carbons (Fsp3) is 0.500. The molecule has 2 aromatic carbocycles. The number of ether oxygens (including phenoxy) is 2. The van der Waals surface area contributed by atoms with Crippen molar-refractivity contribution in [1.82, 2.24) is 10.6 Å². The molecule has 2 atom stereocenters. The molecule has 0 spiro atoms. The maximum atomic E-state index is 13.8. The summed E-state index contributed by atoms with van der Waals surface area (Å²) < 4.78 is 35.4. The summed E-state index contributed by atoms with van der Waals surface area (Å²) in [4.78, 5) is 77.4. The van der Waals surface area contributed by atoms with Crippen LogP contribution in [0.3, 0.4) is 0 Å². The Morgan fingerprint density at radius 3 is 2.17 bits per heavy atom. The number of carbonyl (C=O) groups excluding carboxylic acids is 3. The van der Waals surface area contributed by atoms with Crippen molar-refractivity contribution in [1.29, 1.82) is 0 Å². The molecule has 8 N–H and O–H groups in total. The number of rotatable bonds is 12. The van der Waals surface area contributed by atoms with Gasteiger partial charge in [-0.15, -0.1) is 0 Å². The third kappa shape index (κ3) is 9.87. The van der Waals surface area contributed by atoms with Gasteiger partial charge in [-0.25, -0.2) is 0 Å². The van der Waals surface area contributed by atoms with Gasteiger partial charge in [-0.3, -0.25) is 23.5 Å². The largest absolute Gasteiger partial charge is 0.493 e. The Hall–Kier alpha value is -3.25. The van der Waals surface area contributed by atoms with Crippen molar-refractivity contribution in [2.75, 3.05) is 13.2 Å². The molecule has 46 heavy (non-hydrogen) atoms. The van der Waals surface area contributed by atoms with Crippen LogP contribution in [-0.2, 0) is 25.1 Å². The van der Waals surface area contributed by atoms with E-state index in [2.05, 4.69) is 10.6 Å². The molecule has 1 heterocycles. The number of hydrogen-bond donors (Lipinski definition) is 7. The summed E-state index contributed by atoms with van der Waals surface area (Å²) in [6.45, 7) is 9.65. The van der Waals surface area contributed by atoms with Gasteiger partial charge in [0.15, 0.2) is 5.40 Å². The van der Waals surface area contributed by atoms with Crippen LogP contribution in [0, 0.1) is 11.3 Å². The highest BCUT2D eigenvalue weighted by Crippen LogP contribution is 2.69. The Balaban J connectivity index is 1.94. The molecule has 1 aliphatic rings. The third-order valence-electron chi connectivity index (χ3n) is 7.19. The molecule has 16 heteroatoms. The first kappa shape index (κ1) is 37.2. The van der Waals surface area contributed by atoms with E-state index in [0.29, 0.717) is 42.9 Å². The van der Waals surface area contributed by atoms with Gasteiger partial charge in [-0.05, 0) is 36.0 Å². The van der Waals surface area contributed by atoms with Gasteiger partial charge in [0.05, 0.1) is 24.8 Å². The van der Waals surface area contributed by atoms with Crippen LogP contribution >= 0.6 is 15.2 Å². The van der Waals surface area contributed by atoms with E-state index in [-0.39, 0.29) is 29.2 Å². The first-order valence-corrected chi connectivity index (χ1v) is 18.1. The van der Waals surface area contributed by atoms with Crippen molar-refractivity contribution in [2.24, 2.45) is 17.1 Å². The maximum Gasteiger partial charge on any atom is 0.345 e. The Kier molecular flexibility index (Phi) is 11.9. The standard InChI is InChI=1S/C30H43N3O11P2/c1-17(2)16-44-25-15-24-20(14-21(25)26(31)34)22(7-6-12-43-24)32-27(35)23(33-29(36)30(3,4)5)13-18-8-10-19(11-9-18)28(45(37,38)39)46(40,41)42/h8-11,14-15,17,22-23,28H,6-7,12-13,16H2,1-5H3,(H2,31,34)(H,32,35)(H,33,36)(H2,37,38,39)(H2,40,41,42)/t22-,23+/m1/s1. The van der Waals surface area contributed by atoms with Crippen molar-refractivity contribution < 1.29 is 52.6 Å². The first-order valence-electron chi connectivity index (χ1n) is 14.7. The summed E-state index contributed by atoms with van der Waals surface area (Å²) in [6, 6.07) is 6.49. The van der Waals surface area contributed by atoms with E-state index in [9.17, 15) is 43.1 Å². The zero-order valence-electron chi connectivity index (χ0n) is 26.4. The van der Waals surface area contributed by atoms with E-state index in [0.717, 1.165) is 0 Å². The number of fused-ring (bicyclic) bond motifs is 1. The van der Waals surface area contributed by atoms with Gasteiger partial charge in [0.1, 0.15) is 17.5 Å². The fourth-order valence-electron chi connectivity index (χ4n) is 4.82. The van der Waals surface area contributed by atoms with E-state index in [1.54, 1.807) is 32.9 Å². The molecule has 0 fully saturated rings. The van der Waals surface area contributed by atoms with Gasteiger partial charge in [-0.1, -0.05) is 58.9 Å². The molecular formula is C30H43N3O11P2. The summed E-state index contributed by atoms with van der Waals surface area (Å²) in [6.07, 6.45) is 0.952. The number of carbonyl (C=O) groups is 3. The molecule has 0 aromatic heterocycles. The molecule has 0 radical (unpaired) electrons. The zero-order valence-corrected chi connectivity index (χ0v) is 28.2. The molecule has 0 unspecified atom stereocenters. The van der Waals surface area contributed by atoms with Gasteiger partial charge in [-0.2, -0.15) is 0 Å². The molecule has 0 aliphatic carbocycles. The second-order valence-corrected chi connectivity index (χ2v) is 16.6. The monoisotopic (exact) mass is 683 g/mol. The summed E-state index contributed by atoms with van der Waals surface area (Å²) >= 11 is 0. The third-order valence-corrected chi connectivity index (χ3v) is 10.9. The summed E-state index contributed by atoms with van der Waals surface area (Å²) in [7, 11) is -10.4. The SMILES string of the molecule is CC(C)COc1cc2c(cc1C(N)=O)[C@H](NC(=O)[C@H](Cc1ccc(C(P(=O)(O)O)P(=O)(O)O)cc1)NC(=O)C(C)(C)C)CCCO2. The molecule has 0 bridgehead atoms. The quantitative estimate of drug-likeness (QED) is 0.160. The highest BCUT2D eigenvalue weighted by molar-refractivity contribution is 7.70.